The molecule has 7 heteroatoms. The fourth-order valence-corrected chi connectivity index (χ4v) is 3.40. The van der Waals surface area contributed by atoms with Crippen LogP contribution < -0.4 is 4.74 Å². The summed E-state index contributed by atoms with van der Waals surface area (Å²) in [5.41, 5.74) is 2.31. The van der Waals surface area contributed by atoms with Gasteiger partial charge in [0.2, 0.25) is 0 Å². The van der Waals surface area contributed by atoms with Gasteiger partial charge in [0.25, 0.3) is 0 Å². The van der Waals surface area contributed by atoms with Gasteiger partial charge in [0.05, 0.1) is 28.3 Å². The van der Waals surface area contributed by atoms with Crippen LogP contribution in [-0.4, -0.2) is 18.2 Å². The van der Waals surface area contributed by atoms with Gasteiger partial charge in [-0.2, -0.15) is 0 Å². The van der Waals surface area contributed by atoms with Crippen LogP contribution in [0.1, 0.15) is 41.4 Å². The highest BCUT2D eigenvalue weighted by molar-refractivity contribution is 6.39. The lowest BCUT2D eigenvalue weighted by Crippen LogP contribution is -2.04. The molecule has 0 bridgehead atoms. The number of hydrogen-bond acceptors (Lipinski definition) is 5. The van der Waals surface area contributed by atoms with Crippen LogP contribution in [0.3, 0.4) is 0 Å². The minimum Gasteiger partial charge on any atom is -0.489 e. The molecule has 0 saturated heterocycles. The van der Waals surface area contributed by atoms with E-state index in [1.165, 1.54) is 7.11 Å². The lowest BCUT2D eigenvalue weighted by molar-refractivity contribution is 0.0600. The second kappa shape index (κ2) is 8.67. The number of halogens is 2. The standard InChI is InChI=1S/C21H19Cl2NO4/c1-12(2)20-15(11-27-14-7-4-6-13(10-14)21(25)26-3)19(24-28-20)18-16(22)8-5-9-17(18)23/h4-10,12H,11H2,1-3H3. The van der Waals surface area contributed by atoms with Gasteiger partial charge in [0, 0.05) is 11.5 Å². The van der Waals surface area contributed by atoms with E-state index < -0.39 is 5.97 Å². The average Bonchev–Trinajstić information content (AvgIpc) is 3.09. The molecule has 3 rings (SSSR count). The number of hydrogen-bond donors (Lipinski definition) is 0. The Morgan fingerprint density at radius 3 is 2.46 bits per heavy atom. The first-order valence-corrected chi connectivity index (χ1v) is 9.42. The lowest BCUT2D eigenvalue weighted by atomic mass is 10.0. The van der Waals surface area contributed by atoms with Crippen molar-refractivity contribution in [2.75, 3.05) is 7.11 Å². The number of nitrogens with zero attached hydrogens (tertiary/aromatic N) is 1. The Kier molecular flexibility index (Phi) is 6.27. The van der Waals surface area contributed by atoms with Crippen LogP contribution in [0.5, 0.6) is 5.75 Å². The molecule has 0 radical (unpaired) electrons. The summed E-state index contributed by atoms with van der Waals surface area (Å²) in [6, 6.07) is 12.0. The molecule has 0 aliphatic rings. The number of aromatic nitrogens is 1. The average molecular weight is 420 g/mol. The van der Waals surface area contributed by atoms with E-state index >= 15 is 0 Å². The quantitative estimate of drug-likeness (QED) is 0.449. The van der Waals surface area contributed by atoms with Crippen LogP contribution in [-0.2, 0) is 11.3 Å². The zero-order chi connectivity index (χ0) is 20.3. The predicted molar refractivity (Wildman–Crippen MR) is 108 cm³/mol. The van der Waals surface area contributed by atoms with Crippen molar-refractivity contribution >= 4 is 29.2 Å². The SMILES string of the molecule is COC(=O)c1cccc(OCc2c(-c3c(Cl)cccc3Cl)noc2C(C)C)c1. The fraction of sp³-hybridized carbons (Fsp3) is 0.238. The molecule has 1 aromatic heterocycles. The molecule has 0 aliphatic heterocycles. The van der Waals surface area contributed by atoms with Crippen molar-refractivity contribution in [2.24, 2.45) is 0 Å². The highest BCUT2D eigenvalue weighted by Crippen LogP contribution is 2.38. The monoisotopic (exact) mass is 419 g/mol. The van der Waals surface area contributed by atoms with Crippen molar-refractivity contribution in [3.8, 4) is 17.0 Å². The number of rotatable bonds is 6. The van der Waals surface area contributed by atoms with Crippen LogP contribution in [0.4, 0.5) is 0 Å². The Labute approximate surface area is 173 Å². The first-order valence-electron chi connectivity index (χ1n) is 8.66. The van der Waals surface area contributed by atoms with Gasteiger partial charge in [-0.25, -0.2) is 4.79 Å². The third-order valence-corrected chi connectivity index (χ3v) is 4.81. The predicted octanol–water partition coefficient (Wildman–Crippen LogP) is 6.14. The van der Waals surface area contributed by atoms with E-state index in [1.807, 2.05) is 13.8 Å². The number of esters is 1. The number of benzene rings is 2. The molecule has 28 heavy (non-hydrogen) atoms. The van der Waals surface area contributed by atoms with E-state index in [9.17, 15) is 4.79 Å². The smallest absolute Gasteiger partial charge is 0.337 e. The van der Waals surface area contributed by atoms with E-state index in [0.717, 1.165) is 5.56 Å². The minimum absolute atomic E-state index is 0.0857. The van der Waals surface area contributed by atoms with E-state index in [1.54, 1.807) is 42.5 Å². The van der Waals surface area contributed by atoms with Crippen LogP contribution in [0.25, 0.3) is 11.3 Å². The topological polar surface area (TPSA) is 61.6 Å². The summed E-state index contributed by atoms with van der Waals surface area (Å²) in [5.74, 6) is 0.870. The highest BCUT2D eigenvalue weighted by atomic mass is 35.5. The van der Waals surface area contributed by atoms with Crippen molar-refractivity contribution in [3.05, 3.63) is 69.4 Å². The maximum atomic E-state index is 11.7. The second-order valence-electron chi connectivity index (χ2n) is 6.43. The maximum absolute atomic E-state index is 11.7. The van der Waals surface area contributed by atoms with Crippen LogP contribution >= 0.6 is 23.2 Å². The number of carbonyl (C=O) groups excluding carboxylic acids is 1. The number of methoxy groups -OCH3 is 1. The zero-order valence-corrected chi connectivity index (χ0v) is 17.2. The Hall–Kier alpha value is -2.50. The third-order valence-electron chi connectivity index (χ3n) is 4.18. The van der Waals surface area contributed by atoms with Gasteiger partial charge >= 0.3 is 5.97 Å². The highest BCUT2D eigenvalue weighted by Gasteiger charge is 2.23. The molecule has 146 valence electrons. The molecule has 5 nitrogen and oxygen atoms in total. The lowest BCUT2D eigenvalue weighted by Gasteiger charge is -2.11. The Bertz CT molecular complexity index is 978. The summed E-state index contributed by atoms with van der Waals surface area (Å²) < 4.78 is 16.2. The van der Waals surface area contributed by atoms with Crippen LogP contribution in [0, 0.1) is 0 Å². The van der Waals surface area contributed by atoms with Crippen molar-refractivity contribution in [1.82, 2.24) is 5.16 Å². The van der Waals surface area contributed by atoms with Crippen LogP contribution in [0.15, 0.2) is 47.0 Å². The molecule has 3 aromatic rings. The first-order chi connectivity index (χ1) is 13.4. The van der Waals surface area contributed by atoms with E-state index in [-0.39, 0.29) is 12.5 Å². The van der Waals surface area contributed by atoms with Crippen molar-refractivity contribution in [3.63, 3.8) is 0 Å². The fourth-order valence-electron chi connectivity index (χ4n) is 2.82. The molecular formula is C21H19Cl2NO4. The molecule has 2 aromatic carbocycles. The summed E-state index contributed by atoms with van der Waals surface area (Å²) in [4.78, 5) is 11.7. The van der Waals surface area contributed by atoms with Crippen molar-refractivity contribution in [2.45, 2.75) is 26.4 Å². The molecule has 0 saturated carbocycles. The minimum atomic E-state index is -0.429. The van der Waals surface area contributed by atoms with Gasteiger partial charge in [0.1, 0.15) is 23.8 Å². The molecule has 0 fully saturated rings. The molecular weight excluding hydrogens is 401 g/mol. The second-order valence-corrected chi connectivity index (χ2v) is 7.25. The van der Waals surface area contributed by atoms with Gasteiger partial charge < -0.3 is 14.0 Å². The van der Waals surface area contributed by atoms with Gasteiger partial charge in [-0.05, 0) is 30.3 Å². The van der Waals surface area contributed by atoms with Crippen LogP contribution in [0.2, 0.25) is 10.0 Å². The molecule has 1 heterocycles. The Morgan fingerprint density at radius 1 is 1.14 bits per heavy atom. The molecule has 0 N–H and O–H groups in total. The van der Waals surface area contributed by atoms with Gasteiger partial charge in [-0.1, -0.05) is 54.3 Å². The maximum Gasteiger partial charge on any atom is 0.337 e. The van der Waals surface area contributed by atoms with E-state index in [2.05, 4.69) is 5.16 Å². The summed E-state index contributed by atoms with van der Waals surface area (Å²) in [6.45, 7) is 4.18. The summed E-state index contributed by atoms with van der Waals surface area (Å²) >= 11 is 12.7. The summed E-state index contributed by atoms with van der Waals surface area (Å²) in [7, 11) is 1.33. The molecule has 0 unspecified atom stereocenters. The number of carbonyl (C=O) groups is 1. The molecule has 0 amide bonds. The van der Waals surface area contributed by atoms with Gasteiger partial charge in [0.15, 0.2) is 0 Å². The Balaban J connectivity index is 1.96. The Morgan fingerprint density at radius 2 is 1.82 bits per heavy atom. The largest absolute Gasteiger partial charge is 0.489 e. The molecule has 0 spiro atoms. The number of ether oxygens (including phenoxy) is 2. The van der Waals surface area contributed by atoms with Crippen molar-refractivity contribution < 1.29 is 18.8 Å². The first kappa shape index (κ1) is 20.2. The zero-order valence-electron chi connectivity index (χ0n) is 15.7. The van der Waals surface area contributed by atoms with Gasteiger partial charge in [-0.3, -0.25) is 0 Å². The van der Waals surface area contributed by atoms with E-state index in [4.69, 9.17) is 37.2 Å². The molecule has 0 aliphatic carbocycles. The molecule has 0 atom stereocenters. The van der Waals surface area contributed by atoms with Crippen molar-refractivity contribution in [1.29, 1.82) is 0 Å². The normalized spacial score (nSPS) is 10.9. The summed E-state index contributed by atoms with van der Waals surface area (Å²) in [5, 5.41) is 5.16. The van der Waals surface area contributed by atoms with E-state index in [0.29, 0.717) is 38.4 Å². The van der Waals surface area contributed by atoms with Gasteiger partial charge in [-0.15, -0.1) is 0 Å². The summed E-state index contributed by atoms with van der Waals surface area (Å²) in [6.07, 6.45) is 0. The third kappa shape index (κ3) is 4.16.